The highest BCUT2D eigenvalue weighted by molar-refractivity contribution is 14.0. The number of hydrogen-bond acceptors (Lipinski definition) is 5. The molecule has 1 saturated heterocycles. The second kappa shape index (κ2) is 14.0. The molecule has 3 rings (SSSR count). The molecule has 1 atom stereocenters. The van der Waals surface area contributed by atoms with E-state index in [1.165, 1.54) is 0 Å². The first-order valence-corrected chi connectivity index (χ1v) is 10.9. The SMILES string of the molecule is CCOC(=O)N1CCC(NC(=NCC(O)c2ccccc2)NCCc2ccco2)CC1.I. The van der Waals surface area contributed by atoms with Gasteiger partial charge in [-0.25, -0.2) is 4.79 Å². The van der Waals surface area contributed by atoms with Crippen molar-refractivity contribution < 1.29 is 19.1 Å². The summed E-state index contributed by atoms with van der Waals surface area (Å²) in [4.78, 5) is 18.2. The maximum absolute atomic E-state index is 11.9. The van der Waals surface area contributed by atoms with Gasteiger partial charge in [-0.3, -0.25) is 4.99 Å². The summed E-state index contributed by atoms with van der Waals surface area (Å²) < 4.78 is 10.5. The van der Waals surface area contributed by atoms with Crippen LogP contribution in [0.1, 0.15) is 37.2 Å². The Kier molecular flexibility index (Phi) is 11.4. The summed E-state index contributed by atoms with van der Waals surface area (Å²) in [6, 6.07) is 13.5. The van der Waals surface area contributed by atoms with Gasteiger partial charge in [0.15, 0.2) is 5.96 Å². The molecule has 8 nitrogen and oxygen atoms in total. The van der Waals surface area contributed by atoms with Crippen LogP contribution in [0.15, 0.2) is 58.1 Å². The molecule has 1 aromatic carbocycles. The number of amides is 1. The Balaban J connectivity index is 0.00000363. The number of aliphatic hydroxyl groups is 1. The summed E-state index contributed by atoms with van der Waals surface area (Å²) in [7, 11) is 0. The number of ether oxygens (including phenoxy) is 1. The average Bonchev–Trinajstić information content (AvgIpc) is 3.32. The number of rotatable bonds is 8. The van der Waals surface area contributed by atoms with Crippen LogP contribution in [0.25, 0.3) is 0 Å². The quantitative estimate of drug-likeness (QED) is 0.262. The lowest BCUT2D eigenvalue weighted by Crippen LogP contribution is -2.50. The van der Waals surface area contributed by atoms with E-state index >= 15 is 0 Å². The van der Waals surface area contributed by atoms with Crippen LogP contribution in [0, 0.1) is 0 Å². The van der Waals surface area contributed by atoms with Crippen LogP contribution in [-0.2, 0) is 11.2 Å². The summed E-state index contributed by atoms with van der Waals surface area (Å²) >= 11 is 0. The van der Waals surface area contributed by atoms with Crippen LogP contribution in [-0.4, -0.2) is 60.9 Å². The molecule has 2 heterocycles. The van der Waals surface area contributed by atoms with Gasteiger partial charge >= 0.3 is 6.09 Å². The van der Waals surface area contributed by atoms with E-state index in [2.05, 4.69) is 15.6 Å². The molecule has 9 heteroatoms. The number of halogens is 1. The Morgan fingerprint density at radius 1 is 1.25 bits per heavy atom. The van der Waals surface area contributed by atoms with Crippen molar-refractivity contribution in [1.82, 2.24) is 15.5 Å². The summed E-state index contributed by atoms with van der Waals surface area (Å²) in [5.41, 5.74) is 0.837. The van der Waals surface area contributed by atoms with Crippen molar-refractivity contribution in [3.05, 3.63) is 60.1 Å². The third-order valence-electron chi connectivity index (χ3n) is 5.21. The van der Waals surface area contributed by atoms with E-state index in [1.807, 2.05) is 49.4 Å². The monoisotopic (exact) mass is 556 g/mol. The Bertz CT molecular complexity index is 809. The van der Waals surface area contributed by atoms with Crippen molar-refractivity contribution in [3.63, 3.8) is 0 Å². The fraction of sp³-hybridized carbons (Fsp3) is 0.478. The highest BCUT2D eigenvalue weighted by atomic mass is 127. The lowest BCUT2D eigenvalue weighted by Gasteiger charge is -2.32. The Morgan fingerprint density at radius 3 is 2.66 bits per heavy atom. The molecule has 2 aromatic rings. The molecule has 0 radical (unpaired) electrons. The third kappa shape index (κ3) is 8.34. The van der Waals surface area contributed by atoms with Gasteiger partial charge in [0.25, 0.3) is 0 Å². The normalized spacial score (nSPS) is 15.6. The molecule has 176 valence electrons. The maximum atomic E-state index is 11.9. The van der Waals surface area contributed by atoms with Gasteiger partial charge in [0.1, 0.15) is 5.76 Å². The number of carbonyl (C=O) groups is 1. The molecule has 1 aliphatic heterocycles. The minimum atomic E-state index is -0.671. The molecule has 0 bridgehead atoms. The molecule has 3 N–H and O–H groups in total. The molecule has 1 unspecified atom stereocenters. The number of nitrogens with zero attached hydrogens (tertiary/aromatic N) is 2. The second-order valence-corrected chi connectivity index (χ2v) is 7.48. The topological polar surface area (TPSA) is 99.3 Å². The zero-order valence-electron chi connectivity index (χ0n) is 18.4. The summed E-state index contributed by atoms with van der Waals surface area (Å²) in [6.45, 7) is 4.39. The summed E-state index contributed by atoms with van der Waals surface area (Å²) in [6.07, 6.45) is 3.08. The predicted octanol–water partition coefficient (Wildman–Crippen LogP) is 3.33. The Hall–Kier alpha value is -2.27. The van der Waals surface area contributed by atoms with Crippen LogP contribution >= 0.6 is 24.0 Å². The van der Waals surface area contributed by atoms with Crippen molar-refractivity contribution in [2.45, 2.75) is 38.3 Å². The fourth-order valence-electron chi connectivity index (χ4n) is 3.48. The summed E-state index contributed by atoms with van der Waals surface area (Å²) in [5.74, 6) is 1.55. The van der Waals surface area contributed by atoms with Crippen LogP contribution in [0.5, 0.6) is 0 Å². The van der Waals surface area contributed by atoms with E-state index < -0.39 is 6.10 Å². The van der Waals surface area contributed by atoms with E-state index in [1.54, 1.807) is 11.2 Å². The van der Waals surface area contributed by atoms with Gasteiger partial charge < -0.3 is 29.8 Å². The molecule has 1 aliphatic rings. The van der Waals surface area contributed by atoms with Crippen molar-refractivity contribution in [1.29, 1.82) is 0 Å². The molecule has 1 amide bonds. The number of carbonyl (C=O) groups excluding carboxylic acids is 1. The van der Waals surface area contributed by atoms with E-state index in [0.717, 1.165) is 30.6 Å². The maximum Gasteiger partial charge on any atom is 0.409 e. The average molecular weight is 556 g/mol. The van der Waals surface area contributed by atoms with Gasteiger partial charge in [0.2, 0.25) is 0 Å². The Labute approximate surface area is 206 Å². The number of likely N-dealkylation sites (tertiary alicyclic amines) is 1. The molecule has 0 spiro atoms. The highest BCUT2D eigenvalue weighted by Gasteiger charge is 2.24. The van der Waals surface area contributed by atoms with Crippen molar-refractivity contribution in [2.75, 3.05) is 32.8 Å². The van der Waals surface area contributed by atoms with Gasteiger partial charge in [-0.15, -0.1) is 24.0 Å². The largest absolute Gasteiger partial charge is 0.469 e. The van der Waals surface area contributed by atoms with Crippen LogP contribution < -0.4 is 10.6 Å². The molecule has 0 saturated carbocycles. The second-order valence-electron chi connectivity index (χ2n) is 7.48. The number of guanidine groups is 1. The van der Waals surface area contributed by atoms with Crippen molar-refractivity contribution >= 4 is 36.0 Å². The third-order valence-corrected chi connectivity index (χ3v) is 5.21. The first-order valence-electron chi connectivity index (χ1n) is 10.9. The number of benzene rings is 1. The van der Waals surface area contributed by atoms with Crippen LogP contribution in [0.4, 0.5) is 4.79 Å². The molecule has 0 aliphatic carbocycles. The van der Waals surface area contributed by atoms with Crippen molar-refractivity contribution in [2.24, 2.45) is 4.99 Å². The number of nitrogens with one attached hydrogen (secondary N) is 2. The number of furan rings is 1. The van der Waals surface area contributed by atoms with Crippen molar-refractivity contribution in [3.8, 4) is 0 Å². The van der Waals surface area contributed by atoms with Crippen LogP contribution in [0.3, 0.4) is 0 Å². The molecular weight excluding hydrogens is 523 g/mol. The zero-order valence-corrected chi connectivity index (χ0v) is 20.7. The van der Waals surface area contributed by atoms with Gasteiger partial charge in [0.05, 0.1) is 25.5 Å². The number of aliphatic imine (C=N–C) groups is 1. The molecule has 1 fully saturated rings. The summed E-state index contributed by atoms with van der Waals surface area (Å²) in [5, 5.41) is 17.2. The predicted molar refractivity (Wildman–Crippen MR) is 134 cm³/mol. The minimum Gasteiger partial charge on any atom is -0.469 e. The van der Waals surface area contributed by atoms with Gasteiger partial charge in [-0.2, -0.15) is 0 Å². The van der Waals surface area contributed by atoms with E-state index in [0.29, 0.717) is 32.2 Å². The number of aliphatic hydroxyl groups excluding tert-OH is 1. The zero-order chi connectivity index (χ0) is 21.9. The highest BCUT2D eigenvalue weighted by Crippen LogP contribution is 2.13. The Morgan fingerprint density at radius 2 is 2.00 bits per heavy atom. The molecule has 1 aromatic heterocycles. The number of piperidine rings is 1. The van der Waals surface area contributed by atoms with E-state index in [9.17, 15) is 9.90 Å². The smallest absolute Gasteiger partial charge is 0.409 e. The lowest BCUT2D eigenvalue weighted by molar-refractivity contribution is 0.0963. The minimum absolute atomic E-state index is 0. The van der Waals surface area contributed by atoms with Crippen LogP contribution in [0.2, 0.25) is 0 Å². The van der Waals surface area contributed by atoms with Gasteiger partial charge in [-0.1, -0.05) is 30.3 Å². The van der Waals surface area contributed by atoms with E-state index in [4.69, 9.17) is 9.15 Å². The standard InChI is InChI=1S/C23H32N4O4.HI/c1-2-30-23(29)27-14-11-19(12-15-27)26-22(24-13-10-20-9-6-16-31-20)25-17-21(28)18-7-4-3-5-8-18;/h3-9,16,19,21,28H,2,10-15,17H2,1H3,(H2,24,25,26);1H. The van der Waals surface area contributed by atoms with E-state index in [-0.39, 0.29) is 42.7 Å². The fourth-order valence-corrected chi connectivity index (χ4v) is 3.48. The van der Waals surface area contributed by atoms with Gasteiger partial charge in [0, 0.05) is 32.1 Å². The number of hydrogen-bond donors (Lipinski definition) is 3. The first-order chi connectivity index (χ1) is 15.2. The molecule has 32 heavy (non-hydrogen) atoms. The molecular formula is C23H33IN4O4. The first kappa shape index (κ1) is 26.0. The lowest BCUT2D eigenvalue weighted by atomic mass is 10.1. The van der Waals surface area contributed by atoms with Gasteiger partial charge in [-0.05, 0) is 37.5 Å².